The molecule has 148 valence electrons. The van der Waals surface area contributed by atoms with E-state index >= 15 is 0 Å². The average Bonchev–Trinajstić information content (AvgIpc) is 2.73. The number of carbonyl (C=O) groups excluding carboxylic acids is 1. The zero-order chi connectivity index (χ0) is 19.9. The van der Waals surface area contributed by atoms with E-state index in [2.05, 4.69) is 34.6 Å². The number of hydrogen-bond acceptors (Lipinski definition) is 4. The quantitative estimate of drug-likeness (QED) is 0.596. The summed E-state index contributed by atoms with van der Waals surface area (Å²) in [7, 11) is 1.57. The fraction of sp³-hybridized carbons (Fsp3) is 0.333. The van der Waals surface area contributed by atoms with Crippen molar-refractivity contribution in [3.63, 3.8) is 0 Å². The molecule has 0 bridgehead atoms. The van der Waals surface area contributed by atoms with E-state index in [-0.39, 0.29) is 16.9 Å². The average molecular weight is 399 g/mol. The van der Waals surface area contributed by atoms with Gasteiger partial charge in [0.15, 0.2) is 5.11 Å². The van der Waals surface area contributed by atoms with Crippen molar-refractivity contribution in [1.82, 2.24) is 10.3 Å². The molecule has 1 aliphatic rings. The molecule has 6 nitrogen and oxygen atoms in total. The SMILES string of the molecule is COc1ccccc1N(NC(=O)C1CCN(Cc2ccccc2)CC1)C(N)=S. The molecule has 3 N–H and O–H groups in total. The van der Waals surface area contributed by atoms with E-state index in [1.165, 1.54) is 10.6 Å². The number of thiocarbonyl (C=S) groups is 1. The first-order valence-electron chi connectivity index (χ1n) is 9.38. The van der Waals surface area contributed by atoms with Crippen molar-refractivity contribution >= 4 is 28.9 Å². The van der Waals surface area contributed by atoms with E-state index < -0.39 is 0 Å². The van der Waals surface area contributed by atoms with Crippen LogP contribution in [-0.4, -0.2) is 36.1 Å². The number of para-hydroxylation sites is 2. The van der Waals surface area contributed by atoms with Crippen LogP contribution >= 0.6 is 12.2 Å². The van der Waals surface area contributed by atoms with E-state index in [0.717, 1.165) is 32.5 Å². The Balaban J connectivity index is 1.59. The number of ether oxygens (including phenoxy) is 1. The normalized spacial score (nSPS) is 15.0. The fourth-order valence-corrected chi connectivity index (χ4v) is 3.59. The van der Waals surface area contributed by atoms with Crippen molar-refractivity contribution in [2.45, 2.75) is 19.4 Å². The van der Waals surface area contributed by atoms with Gasteiger partial charge in [-0.2, -0.15) is 0 Å². The Morgan fingerprint density at radius 1 is 1.18 bits per heavy atom. The number of amides is 1. The van der Waals surface area contributed by atoms with Gasteiger partial charge in [0.2, 0.25) is 5.91 Å². The topological polar surface area (TPSA) is 70.8 Å². The van der Waals surface area contributed by atoms with Crippen molar-refractivity contribution in [3.8, 4) is 5.75 Å². The van der Waals surface area contributed by atoms with Crippen LogP contribution in [0, 0.1) is 5.92 Å². The number of hydrazine groups is 1. The molecule has 0 radical (unpaired) electrons. The molecule has 0 aromatic heterocycles. The summed E-state index contributed by atoms with van der Waals surface area (Å²) < 4.78 is 5.36. The number of methoxy groups -OCH3 is 1. The standard InChI is InChI=1S/C21H26N4O2S/c1-27-19-10-6-5-9-18(19)25(21(22)28)23-20(26)17-11-13-24(14-12-17)15-16-7-3-2-4-8-16/h2-10,17H,11-15H2,1H3,(H2,22,28)(H,23,26). The highest BCUT2D eigenvalue weighted by Gasteiger charge is 2.27. The molecule has 0 aliphatic carbocycles. The molecule has 28 heavy (non-hydrogen) atoms. The fourth-order valence-electron chi connectivity index (χ4n) is 3.44. The first kappa shape index (κ1) is 20.1. The monoisotopic (exact) mass is 398 g/mol. The van der Waals surface area contributed by atoms with Gasteiger partial charge in [-0.3, -0.25) is 15.1 Å². The third-order valence-corrected chi connectivity index (χ3v) is 5.16. The van der Waals surface area contributed by atoms with Gasteiger partial charge in [0.25, 0.3) is 0 Å². The van der Waals surface area contributed by atoms with Crippen molar-refractivity contribution < 1.29 is 9.53 Å². The molecule has 2 aromatic rings. The third kappa shape index (κ3) is 4.99. The minimum atomic E-state index is -0.0712. The van der Waals surface area contributed by atoms with Gasteiger partial charge in [0, 0.05) is 12.5 Å². The van der Waals surface area contributed by atoms with Crippen LogP contribution in [0.25, 0.3) is 0 Å². The number of piperidine rings is 1. The highest BCUT2D eigenvalue weighted by Crippen LogP contribution is 2.27. The minimum Gasteiger partial charge on any atom is -0.494 e. The van der Waals surface area contributed by atoms with Gasteiger partial charge >= 0.3 is 0 Å². The molecule has 1 saturated heterocycles. The summed E-state index contributed by atoms with van der Waals surface area (Å²) in [6, 6.07) is 17.7. The molecule has 1 amide bonds. The second-order valence-electron chi connectivity index (χ2n) is 6.86. The zero-order valence-electron chi connectivity index (χ0n) is 16.0. The van der Waals surface area contributed by atoms with E-state index in [1.54, 1.807) is 19.2 Å². The summed E-state index contributed by atoms with van der Waals surface area (Å²) in [5, 5.41) is 1.49. The van der Waals surface area contributed by atoms with E-state index in [4.69, 9.17) is 22.7 Å². The Hall–Kier alpha value is -2.64. The number of hydrogen-bond donors (Lipinski definition) is 2. The number of nitrogens with one attached hydrogen (secondary N) is 1. The maximum Gasteiger partial charge on any atom is 0.242 e. The van der Waals surface area contributed by atoms with Gasteiger partial charge < -0.3 is 10.5 Å². The minimum absolute atomic E-state index is 0.0689. The molecule has 1 fully saturated rings. The van der Waals surface area contributed by atoms with Crippen LogP contribution in [0.4, 0.5) is 5.69 Å². The van der Waals surface area contributed by atoms with Gasteiger partial charge in [-0.1, -0.05) is 42.5 Å². The second kappa shape index (κ2) is 9.52. The number of rotatable bonds is 5. The van der Waals surface area contributed by atoms with Crippen LogP contribution in [0.3, 0.4) is 0 Å². The molecule has 2 aromatic carbocycles. The molecule has 1 heterocycles. The van der Waals surface area contributed by atoms with Gasteiger partial charge in [-0.05, 0) is 55.8 Å². The van der Waals surface area contributed by atoms with Crippen molar-refractivity contribution in [1.29, 1.82) is 0 Å². The summed E-state index contributed by atoms with van der Waals surface area (Å²) in [4.78, 5) is 15.2. The maximum absolute atomic E-state index is 12.8. The van der Waals surface area contributed by atoms with Crippen LogP contribution in [0.15, 0.2) is 54.6 Å². The lowest BCUT2D eigenvalue weighted by Crippen LogP contribution is -2.52. The van der Waals surface area contributed by atoms with Gasteiger partial charge in [0.1, 0.15) is 11.4 Å². The van der Waals surface area contributed by atoms with Gasteiger partial charge in [0.05, 0.1) is 7.11 Å². The number of nitrogens with two attached hydrogens (primary N) is 1. The van der Waals surface area contributed by atoms with Crippen LogP contribution in [0.1, 0.15) is 18.4 Å². The van der Waals surface area contributed by atoms with Crippen LogP contribution in [0.5, 0.6) is 5.75 Å². The van der Waals surface area contributed by atoms with Crippen molar-refractivity contribution in [2.24, 2.45) is 11.7 Å². The maximum atomic E-state index is 12.8. The number of nitrogens with zero attached hydrogens (tertiary/aromatic N) is 2. The molecule has 3 rings (SSSR count). The van der Waals surface area contributed by atoms with Crippen LogP contribution < -0.4 is 20.9 Å². The summed E-state index contributed by atoms with van der Waals surface area (Å²) in [6.07, 6.45) is 1.60. The lowest BCUT2D eigenvalue weighted by molar-refractivity contribution is -0.126. The summed E-state index contributed by atoms with van der Waals surface area (Å²) in [5.74, 6) is 0.449. The third-order valence-electron chi connectivity index (χ3n) is 4.98. The lowest BCUT2D eigenvalue weighted by atomic mass is 9.96. The number of anilines is 1. The van der Waals surface area contributed by atoms with E-state index in [1.807, 2.05) is 18.2 Å². The highest BCUT2D eigenvalue weighted by molar-refractivity contribution is 7.80. The second-order valence-corrected chi connectivity index (χ2v) is 7.28. The largest absolute Gasteiger partial charge is 0.494 e. The van der Waals surface area contributed by atoms with Crippen molar-refractivity contribution in [3.05, 3.63) is 60.2 Å². The predicted molar refractivity (Wildman–Crippen MR) is 115 cm³/mol. The highest BCUT2D eigenvalue weighted by atomic mass is 32.1. The van der Waals surface area contributed by atoms with Crippen LogP contribution in [-0.2, 0) is 11.3 Å². The van der Waals surface area contributed by atoms with E-state index in [0.29, 0.717) is 11.4 Å². The molecule has 0 spiro atoms. The number of benzene rings is 2. The van der Waals surface area contributed by atoms with Crippen molar-refractivity contribution in [2.75, 3.05) is 25.2 Å². The Bertz CT molecular complexity index is 807. The summed E-state index contributed by atoms with van der Waals surface area (Å²) in [6.45, 7) is 2.68. The Kier molecular flexibility index (Phi) is 6.84. The first-order valence-corrected chi connectivity index (χ1v) is 9.78. The lowest BCUT2D eigenvalue weighted by Gasteiger charge is -2.33. The van der Waals surface area contributed by atoms with Gasteiger partial charge in [-0.25, -0.2) is 5.01 Å². The van der Waals surface area contributed by atoms with Gasteiger partial charge in [-0.15, -0.1) is 0 Å². The first-order chi connectivity index (χ1) is 13.6. The zero-order valence-corrected chi connectivity index (χ0v) is 16.8. The Morgan fingerprint density at radius 2 is 1.82 bits per heavy atom. The molecule has 0 unspecified atom stereocenters. The predicted octanol–water partition coefficient (Wildman–Crippen LogP) is 2.69. The molecule has 0 atom stereocenters. The van der Waals surface area contributed by atoms with E-state index in [9.17, 15) is 4.79 Å². The summed E-state index contributed by atoms with van der Waals surface area (Å²) >= 11 is 5.14. The molecule has 1 aliphatic heterocycles. The molecular weight excluding hydrogens is 372 g/mol. The number of likely N-dealkylation sites (tertiary alicyclic amines) is 1. The summed E-state index contributed by atoms with van der Waals surface area (Å²) in [5.41, 5.74) is 10.6. The Labute approximate surface area is 171 Å². The molecular formula is C21H26N4O2S. The molecule has 7 heteroatoms. The molecule has 0 saturated carbocycles. The smallest absolute Gasteiger partial charge is 0.242 e. The number of carbonyl (C=O) groups is 1. The van der Waals surface area contributed by atoms with Crippen LogP contribution in [0.2, 0.25) is 0 Å². The Morgan fingerprint density at radius 3 is 2.46 bits per heavy atom.